The molecule has 1 atom stereocenters. The normalized spacial score (nSPS) is 11.9. The van der Waals surface area contributed by atoms with Gasteiger partial charge in [-0.1, -0.05) is 6.92 Å². The lowest BCUT2D eigenvalue weighted by molar-refractivity contribution is -0.119. The van der Waals surface area contributed by atoms with Gasteiger partial charge in [0.2, 0.25) is 5.91 Å². The van der Waals surface area contributed by atoms with Gasteiger partial charge in [-0.05, 0) is 36.1 Å². The van der Waals surface area contributed by atoms with Crippen molar-refractivity contribution in [3.8, 4) is 11.5 Å². The van der Waals surface area contributed by atoms with Crippen LogP contribution in [-0.4, -0.2) is 37.8 Å². The molecule has 0 spiro atoms. The molecule has 0 aliphatic heterocycles. The first-order valence-electron chi connectivity index (χ1n) is 8.73. The summed E-state index contributed by atoms with van der Waals surface area (Å²) in [4.78, 5) is 26.3. The molecule has 28 heavy (non-hydrogen) atoms. The van der Waals surface area contributed by atoms with Gasteiger partial charge in [-0.3, -0.25) is 4.79 Å². The molecule has 0 aliphatic rings. The monoisotopic (exact) mass is 402 g/mol. The van der Waals surface area contributed by atoms with E-state index >= 15 is 0 Å². The molecule has 1 N–H and O–H groups in total. The minimum Gasteiger partial charge on any atom is -0.497 e. The molecule has 2 aromatic heterocycles. The van der Waals surface area contributed by atoms with Crippen LogP contribution >= 0.6 is 11.3 Å². The van der Waals surface area contributed by atoms with Crippen molar-refractivity contribution < 1.29 is 23.8 Å². The Bertz CT molecular complexity index is 1010. The van der Waals surface area contributed by atoms with Crippen molar-refractivity contribution in [3.05, 3.63) is 41.4 Å². The van der Waals surface area contributed by atoms with Crippen molar-refractivity contribution in [3.63, 3.8) is 0 Å². The summed E-state index contributed by atoms with van der Waals surface area (Å²) in [6, 6.07) is 8.24. The van der Waals surface area contributed by atoms with E-state index < -0.39 is 12.0 Å². The molecule has 3 aromatic rings. The van der Waals surface area contributed by atoms with E-state index in [-0.39, 0.29) is 5.91 Å². The number of esters is 1. The standard InChI is InChI=1S/C20H22N2O5S/c1-5-15(18(23)21-14-11-13(25-2)6-7-17(14)26-3)22-16(20(24)27-4)10-12-8-9-28-19(12)22/h6-11,15H,5H2,1-4H3,(H,21,23). The number of fused-ring (bicyclic) bond motifs is 1. The van der Waals surface area contributed by atoms with Crippen molar-refractivity contribution >= 4 is 39.1 Å². The molecule has 3 rings (SSSR count). The highest BCUT2D eigenvalue weighted by atomic mass is 32.1. The zero-order valence-corrected chi connectivity index (χ0v) is 17.0. The number of thiophene rings is 1. The average Bonchev–Trinajstić information content (AvgIpc) is 3.30. The lowest BCUT2D eigenvalue weighted by Crippen LogP contribution is -2.28. The molecule has 2 heterocycles. The van der Waals surface area contributed by atoms with Gasteiger partial charge in [0.15, 0.2) is 0 Å². The zero-order valence-electron chi connectivity index (χ0n) is 16.1. The van der Waals surface area contributed by atoms with Gasteiger partial charge in [0, 0.05) is 11.5 Å². The second kappa shape index (κ2) is 8.35. The third-order valence-electron chi connectivity index (χ3n) is 4.50. The van der Waals surface area contributed by atoms with Crippen LogP contribution in [0.2, 0.25) is 0 Å². The van der Waals surface area contributed by atoms with Crippen molar-refractivity contribution in [2.24, 2.45) is 0 Å². The molecular formula is C20H22N2O5S. The molecule has 7 nitrogen and oxygen atoms in total. The average molecular weight is 402 g/mol. The van der Waals surface area contributed by atoms with E-state index in [1.807, 2.05) is 18.4 Å². The molecule has 0 bridgehead atoms. The summed E-state index contributed by atoms with van der Waals surface area (Å²) >= 11 is 1.47. The van der Waals surface area contributed by atoms with E-state index in [4.69, 9.17) is 14.2 Å². The molecule has 8 heteroatoms. The second-order valence-electron chi connectivity index (χ2n) is 6.05. The molecular weight excluding hydrogens is 380 g/mol. The number of carbonyl (C=O) groups excluding carboxylic acids is 2. The maximum Gasteiger partial charge on any atom is 0.354 e. The summed E-state index contributed by atoms with van der Waals surface area (Å²) in [6.45, 7) is 1.90. The van der Waals surface area contributed by atoms with Crippen molar-refractivity contribution in [1.82, 2.24) is 4.57 Å². The smallest absolute Gasteiger partial charge is 0.354 e. The van der Waals surface area contributed by atoms with Crippen molar-refractivity contribution in [1.29, 1.82) is 0 Å². The van der Waals surface area contributed by atoms with Crippen LogP contribution in [0.15, 0.2) is 35.7 Å². The largest absolute Gasteiger partial charge is 0.497 e. The summed E-state index contributed by atoms with van der Waals surface area (Å²) in [5.41, 5.74) is 0.850. The predicted molar refractivity (Wildman–Crippen MR) is 109 cm³/mol. The van der Waals surface area contributed by atoms with Crippen LogP contribution in [0.4, 0.5) is 5.69 Å². The molecule has 1 unspecified atom stereocenters. The first-order chi connectivity index (χ1) is 13.5. The Kier molecular flexibility index (Phi) is 5.89. The van der Waals surface area contributed by atoms with Crippen molar-refractivity contribution in [2.45, 2.75) is 19.4 Å². The number of amides is 1. The highest BCUT2D eigenvalue weighted by Gasteiger charge is 2.27. The van der Waals surface area contributed by atoms with Crippen LogP contribution in [0.25, 0.3) is 10.2 Å². The van der Waals surface area contributed by atoms with E-state index in [0.29, 0.717) is 29.3 Å². The minimum absolute atomic E-state index is 0.259. The third kappa shape index (κ3) is 3.55. The summed E-state index contributed by atoms with van der Waals surface area (Å²) in [5, 5.41) is 5.73. The van der Waals surface area contributed by atoms with Crippen LogP contribution in [-0.2, 0) is 9.53 Å². The Labute approximate surface area is 166 Å². The van der Waals surface area contributed by atoms with Gasteiger partial charge >= 0.3 is 5.97 Å². The van der Waals surface area contributed by atoms with Gasteiger partial charge in [-0.2, -0.15) is 0 Å². The second-order valence-corrected chi connectivity index (χ2v) is 6.95. The number of hydrogen-bond donors (Lipinski definition) is 1. The SMILES string of the molecule is CCC(C(=O)Nc1cc(OC)ccc1OC)n1c(C(=O)OC)cc2ccsc21. The van der Waals surface area contributed by atoms with Crippen molar-refractivity contribution in [2.75, 3.05) is 26.6 Å². The topological polar surface area (TPSA) is 78.8 Å². The predicted octanol–water partition coefficient (Wildman–Crippen LogP) is 4.10. The number of rotatable bonds is 7. The number of carbonyl (C=O) groups is 2. The van der Waals surface area contributed by atoms with E-state index in [1.165, 1.54) is 25.6 Å². The number of methoxy groups -OCH3 is 3. The first-order valence-corrected chi connectivity index (χ1v) is 9.61. The number of ether oxygens (including phenoxy) is 3. The third-order valence-corrected chi connectivity index (χ3v) is 5.43. The summed E-state index contributed by atoms with van der Waals surface area (Å²) in [7, 11) is 4.42. The van der Waals surface area contributed by atoms with E-state index in [2.05, 4.69) is 5.32 Å². The number of nitrogens with one attached hydrogen (secondary N) is 1. The lowest BCUT2D eigenvalue weighted by atomic mass is 10.2. The Balaban J connectivity index is 2.01. The first kappa shape index (κ1) is 19.8. The molecule has 1 aromatic carbocycles. The molecule has 1 amide bonds. The maximum atomic E-state index is 13.2. The van der Waals surface area contributed by atoms with Crippen LogP contribution in [0, 0.1) is 0 Å². The van der Waals surface area contributed by atoms with Gasteiger partial charge in [-0.25, -0.2) is 4.79 Å². The lowest BCUT2D eigenvalue weighted by Gasteiger charge is -2.20. The Morgan fingerprint density at radius 1 is 1.14 bits per heavy atom. The quantitative estimate of drug-likeness (QED) is 0.602. The Morgan fingerprint density at radius 3 is 2.57 bits per heavy atom. The fourth-order valence-corrected chi connectivity index (χ4v) is 4.07. The molecule has 0 aliphatic carbocycles. The number of anilines is 1. The van der Waals surface area contributed by atoms with Gasteiger partial charge in [-0.15, -0.1) is 11.3 Å². The fraction of sp³-hybridized carbons (Fsp3) is 0.300. The molecule has 0 saturated heterocycles. The zero-order chi connectivity index (χ0) is 20.3. The maximum absolute atomic E-state index is 13.2. The van der Waals surface area contributed by atoms with Gasteiger partial charge in [0.25, 0.3) is 0 Å². The number of aromatic nitrogens is 1. The van der Waals surface area contributed by atoms with Crippen LogP contribution in [0.3, 0.4) is 0 Å². The highest BCUT2D eigenvalue weighted by molar-refractivity contribution is 7.16. The number of benzene rings is 1. The number of nitrogens with zero attached hydrogens (tertiary/aromatic N) is 1. The summed E-state index contributed by atoms with van der Waals surface area (Å²) in [5.74, 6) is 0.380. The van der Waals surface area contributed by atoms with E-state index in [9.17, 15) is 9.59 Å². The Hall–Kier alpha value is -3.00. The molecule has 148 valence electrons. The van der Waals surface area contributed by atoms with Gasteiger partial charge in [0.1, 0.15) is 28.1 Å². The summed E-state index contributed by atoms with van der Waals surface area (Å²) < 4.78 is 17.2. The molecule has 0 fully saturated rings. The van der Waals surface area contributed by atoms with Crippen LogP contribution in [0.1, 0.15) is 29.9 Å². The minimum atomic E-state index is -0.596. The van der Waals surface area contributed by atoms with Gasteiger partial charge in [0.05, 0.1) is 27.0 Å². The van der Waals surface area contributed by atoms with Crippen LogP contribution < -0.4 is 14.8 Å². The fourth-order valence-electron chi connectivity index (χ4n) is 3.13. The number of hydrogen-bond acceptors (Lipinski definition) is 6. The van der Waals surface area contributed by atoms with E-state index in [0.717, 1.165) is 10.2 Å². The Morgan fingerprint density at radius 2 is 1.93 bits per heavy atom. The van der Waals surface area contributed by atoms with Crippen LogP contribution in [0.5, 0.6) is 11.5 Å². The van der Waals surface area contributed by atoms with E-state index in [1.54, 1.807) is 35.9 Å². The molecule has 0 saturated carbocycles. The highest BCUT2D eigenvalue weighted by Crippen LogP contribution is 2.33. The molecule has 0 radical (unpaired) electrons. The van der Waals surface area contributed by atoms with Gasteiger partial charge < -0.3 is 24.1 Å². The summed E-state index contributed by atoms with van der Waals surface area (Å²) in [6.07, 6.45) is 0.490.